The van der Waals surface area contributed by atoms with Crippen LogP contribution in [0.1, 0.15) is 21.7 Å². The van der Waals surface area contributed by atoms with Gasteiger partial charge in [0.15, 0.2) is 5.78 Å². The molecule has 9 heteroatoms. The number of fused-ring (bicyclic) bond motifs is 1. The lowest BCUT2D eigenvalue weighted by molar-refractivity contribution is 0.0965. The molecule has 2 unspecified atom stereocenters. The van der Waals surface area contributed by atoms with Gasteiger partial charge >= 0.3 is 0 Å². The Hall–Kier alpha value is -3.59. The van der Waals surface area contributed by atoms with Crippen molar-refractivity contribution in [3.63, 3.8) is 0 Å². The van der Waals surface area contributed by atoms with E-state index in [2.05, 4.69) is 25.5 Å². The van der Waals surface area contributed by atoms with Crippen LogP contribution in [0.4, 0.5) is 5.95 Å². The van der Waals surface area contributed by atoms with Crippen molar-refractivity contribution >= 4 is 11.7 Å². The zero-order chi connectivity index (χ0) is 21.5. The number of aromatic nitrogens is 5. The molecule has 9 nitrogen and oxygen atoms in total. The molecular weight excluding hydrogens is 394 g/mol. The largest absolute Gasteiger partial charge is 0.497 e. The van der Waals surface area contributed by atoms with Gasteiger partial charge in [0.25, 0.3) is 0 Å². The van der Waals surface area contributed by atoms with Crippen molar-refractivity contribution in [2.45, 2.75) is 19.9 Å². The Bertz CT molecular complexity index is 1150. The lowest BCUT2D eigenvalue weighted by Crippen LogP contribution is -2.33. The molecule has 1 N–H and O–H groups in total. The summed E-state index contributed by atoms with van der Waals surface area (Å²) < 4.78 is 5.36. The van der Waals surface area contributed by atoms with Crippen molar-refractivity contribution in [3.05, 3.63) is 65.4 Å². The summed E-state index contributed by atoms with van der Waals surface area (Å²) in [6.45, 7) is 5.40. The van der Waals surface area contributed by atoms with Crippen LogP contribution in [0.3, 0.4) is 0 Å². The Balaban J connectivity index is 1.49. The van der Waals surface area contributed by atoms with Gasteiger partial charge in [-0.3, -0.25) is 4.79 Å². The smallest absolute Gasteiger partial charge is 0.229 e. The Morgan fingerprint density at radius 2 is 1.87 bits per heavy atom. The molecule has 5 rings (SSSR count). The standard InChI is InChI=1S/C22H23N7O2/c1-13-8-14(2)27-22(26-13)28-11-15-10-23-20(18(15)12-28)21(30)17-9-16(31-3)4-5-19(17)29-24-6-7-25-29/h4-9,12,15,20,23H,10-11H2,1-3H3. The number of ketones is 1. The third-order valence-corrected chi connectivity index (χ3v) is 5.69. The highest BCUT2D eigenvalue weighted by atomic mass is 16.5. The topological polar surface area (TPSA) is 98.1 Å². The van der Waals surface area contributed by atoms with Crippen molar-refractivity contribution < 1.29 is 9.53 Å². The van der Waals surface area contributed by atoms with Crippen LogP contribution in [0, 0.1) is 19.8 Å². The zero-order valence-corrected chi connectivity index (χ0v) is 17.6. The lowest BCUT2D eigenvalue weighted by atomic mass is 9.94. The number of carbonyl (C=O) groups excluding carboxylic acids is 1. The zero-order valence-electron chi connectivity index (χ0n) is 17.6. The number of rotatable bonds is 5. The van der Waals surface area contributed by atoms with E-state index in [1.807, 2.05) is 31.0 Å². The van der Waals surface area contributed by atoms with E-state index in [1.165, 1.54) is 4.80 Å². The third kappa shape index (κ3) is 3.46. The second kappa shape index (κ2) is 7.59. The first-order valence-electron chi connectivity index (χ1n) is 10.2. The molecule has 3 aromatic rings. The molecule has 0 amide bonds. The highest BCUT2D eigenvalue weighted by Gasteiger charge is 2.41. The van der Waals surface area contributed by atoms with Crippen LogP contribution < -0.4 is 15.0 Å². The van der Waals surface area contributed by atoms with E-state index in [-0.39, 0.29) is 11.7 Å². The highest BCUT2D eigenvalue weighted by Crippen LogP contribution is 2.34. The molecule has 0 aliphatic carbocycles. The number of hydrogen-bond acceptors (Lipinski definition) is 8. The van der Waals surface area contributed by atoms with Crippen LogP contribution in [0.2, 0.25) is 0 Å². The van der Waals surface area contributed by atoms with E-state index in [1.54, 1.807) is 37.7 Å². The molecule has 1 aromatic carbocycles. The fourth-order valence-electron chi connectivity index (χ4n) is 4.28. The van der Waals surface area contributed by atoms with Gasteiger partial charge in [0.05, 0.1) is 36.8 Å². The number of methoxy groups -OCH3 is 1. The van der Waals surface area contributed by atoms with Crippen molar-refractivity contribution in [1.82, 2.24) is 30.3 Å². The van der Waals surface area contributed by atoms with Gasteiger partial charge in [-0.2, -0.15) is 15.0 Å². The van der Waals surface area contributed by atoms with E-state index < -0.39 is 6.04 Å². The molecule has 0 bridgehead atoms. The second-order valence-corrected chi connectivity index (χ2v) is 7.84. The molecule has 2 aliphatic heterocycles. The summed E-state index contributed by atoms with van der Waals surface area (Å²) in [7, 11) is 1.58. The Morgan fingerprint density at radius 3 is 2.58 bits per heavy atom. The average molecular weight is 417 g/mol. The second-order valence-electron chi connectivity index (χ2n) is 7.84. The van der Waals surface area contributed by atoms with Gasteiger partial charge in [-0.25, -0.2) is 9.97 Å². The minimum Gasteiger partial charge on any atom is -0.497 e. The summed E-state index contributed by atoms with van der Waals surface area (Å²) in [5.41, 5.74) is 4.03. The number of Topliss-reactive ketones (excluding diaryl/α,β-unsaturated/α-hetero) is 1. The number of hydrogen-bond donors (Lipinski definition) is 1. The first kappa shape index (κ1) is 19.4. The monoisotopic (exact) mass is 417 g/mol. The maximum atomic E-state index is 13.6. The van der Waals surface area contributed by atoms with Gasteiger partial charge < -0.3 is 15.0 Å². The van der Waals surface area contributed by atoms with Crippen molar-refractivity contribution in [3.8, 4) is 11.4 Å². The van der Waals surface area contributed by atoms with Crippen molar-refractivity contribution in [2.24, 2.45) is 5.92 Å². The normalized spacial score (nSPS) is 20.0. The summed E-state index contributed by atoms with van der Waals surface area (Å²) in [5, 5.41) is 11.8. The Kier molecular flexibility index (Phi) is 4.74. The number of nitrogens with one attached hydrogen (secondary N) is 1. The summed E-state index contributed by atoms with van der Waals surface area (Å²) in [5.74, 6) is 1.48. The van der Waals surface area contributed by atoms with E-state index in [4.69, 9.17) is 4.74 Å². The van der Waals surface area contributed by atoms with Gasteiger partial charge in [-0.15, -0.1) is 0 Å². The molecule has 0 radical (unpaired) electrons. The van der Waals surface area contributed by atoms with Gasteiger partial charge in [0.1, 0.15) is 5.75 Å². The molecule has 2 aliphatic rings. The van der Waals surface area contributed by atoms with Crippen LogP contribution in [0.25, 0.3) is 5.69 Å². The fourth-order valence-corrected chi connectivity index (χ4v) is 4.28. The van der Waals surface area contributed by atoms with Crippen molar-refractivity contribution in [1.29, 1.82) is 0 Å². The number of ether oxygens (including phenoxy) is 1. The van der Waals surface area contributed by atoms with E-state index in [9.17, 15) is 4.79 Å². The Labute approximate surface area is 179 Å². The van der Waals surface area contributed by atoms with Gasteiger partial charge in [0, 0.05) is 36.6 Å². The molecular formula is C22H23N7O2. The van der Waals surface area contributed by atoms with Crippen LogP contribution in [0.5, 0.6) is 5.75 Å². The molecule has 0 spiro atoms. The Morgan fingerprint density at radius 1 is 1.13 bits per heavy atom. The van der Waals surface area contributed by atoms with E-state index in [0.29, 0.717) is 22.9 Å². The van der Waals surface area contributed by atoms with E-state index in [0.717, 1.165) is 30.1 Å². The summed E-state index contributed by atoms with van der Waals surface area (Å²) in [6, 6.07) is 6.87. The van der Waals surface area contributed by atoms with Crippen LogP contribution >= 0.6 is 0 Å². The predicted molar refractivity (Wildman–Crippen MR) is 114 cm³/mol. The van der Waals surface area contributed by atoms with Crippen LogP contribution in [0.15, 0.2) is 48.4 Å². The average Bonchev–Trinajstić information content (AvgIpc) is 3.49. The lowest BCUT2D eigenvalue weighted by Gasteiger charge is -2.17. The first-order chi connectivity index (χ1) is 15.0. The number of benzene rings is 1. The summed E-state index contributed by atoms with van der Waals surface area (Å²) in [6.07, 6.45) is 5.19. The number of carbonyl (C=O) groups is 1. The molecule has 1 fully saturated rings. The molecule has 4 heterocycles. The number of aryl methyl sites for hydroxylation is 2. The van der Waals surface area contributed by atoms with Crippen LogP contribution in [-0.2, 0) is 0 Å². The maximum absolute atomic E-state index is 13.6. The molecule has 31 heavy (non-hydrogen) atoms. The third-order valence-electron chi connectivity index (χ3n) is 5.69. The molecule has 1 saturated heterocycles. The molecule has 158 valence electrons. The minimum atomic E-state index is -0.428. The molecule has 0 saturated carbocycles. The minimum absolute atomic E-state index is 0.0388. The van der Waals surface area contributed by atoms with Gasteiger partial charge in [-0.1, -0.05) is 0 Å². The van der Waals surface area contributed by atoms with Gasteiger partial charge in [-0.05, 0) is 43.7 Å². The molecule has 2 aromatic heterocycles. The first-order valence-corrected chi connectivity index (χ1v) is 10.2. The summed E-state index contributed by atoms with van der Waals surface area (Å²) in [4.78, 5) is 26.3. The maximum Gasteiger partial charge on any atom is 0.229 e. The quantitative estimate of drug-likeness (QED) is 0.628. The van der Waals surface area contributed by atoms with E-state index >= 15 is 0 Å². The number of nitrogens with zero attached hydrogens (tertiary/aromatic N) is 6. The SMILES string of the molecule is COc1ccc(-n2nccn2)c(C(=O)C2NCC3CN(c4nc(C)cc(C)n4)C=C32)c1. The number of anilines is 1. The van der Waals surface area contributed by atoms with Crippen molar-refractivity contribution in [2.75, 3.05) is 25.1 Å². The molecule has 2 atom stereocenters. The van der Waals surface area contributed by atoms with Crippen LogP contribution in [-0.4, -0.2) is 57.0 Å². The summed E-state index contributed by atoms with van der Waals surface area (Å²) >= 11 is 0. The fraction of sp³-hybridized carbons (Fsp3) is 0.318. The highest BCUT2D eigenvalue weighted by molar-refractivity contribution is 6.05. The van der Waals surface area contributed by atoms with Gasteiger partial charge in [0.2, 0.25) is 5.95 Å². The predicted octanol–water partition coefficient (Wildman–Crippen LogP) is 1.86.